The van der Waals surface area contributed by atoms with Crippen molar-refractivity contribution in [1.82, 2.24) is 20.5 Å². The molecule has 27 heavy (non-hydrogen) atoms. The van der Waals surface area contributed by atoms with Gasteiger partial charge in [-0.25, -0.2) is 4.99 Å². The third kappa shape index (κ3) is 7.25. The van der Waals surface area contributed by atoms with Crippen LogP contribution in [0.1, 0.15) is 40.3 Å². The molecule has 0 spiro atoms. The van der Waals surface area contributed by atoms with Gasteiger partial charge in [-0.1, -0.05) is 24.3 Å². The molecule has 6 heteroatoms. The molecule has 0 saturated carbocycles. The Kier molecular flexibility index (Phi) is 10.6. The van der Waals surface area contributed by atoms with E-state index in [2.05, 4.69) is 73.3 Å². The smallest absolute Gasteiger partial charge is 0.191 e. The lowest BCUT2D eigenvalue weighted by Crippen LogP contribution is -2.45. The van der Waals surface area contributed by atoms with Crippen molar-refractivity contribution in [3.8, 4) is 0 Å². The maximum Gasteiger partial charge on any atom is 0.191 e. The summed E-state index contributed by atoms with van der Waals surface area (Å²) in [5.74, 6) is 0.842. The van der Waals surface area contributed by atoms with Crippen LogP contribution >= 0.6 is 24.0 Å². The molecule has 5 nitrogen and oxygen atoms in total. The van der Waals surface area contributed by atoms with Crippen molar-refractivity contribution in [2.75, 3.05) is 19.6 Å². The Morgan fingerprint density at radius 2 is 1.78 bits per heavy atom. The first kappa shape index (κ1) is 23.6. The Hall–Kier alpha value is -1.41. The molecule has 0 fully saturated rings. The van der Waals surface area contributed by atoms with E-state index in [4.69, 9.17) is 4.99 Å². The van der Waals surface area contributed by atoms with E-state index in [1.807, 2.05) is 18.3 Å². The summed E-state index contributed by atoms with van der Waals surface area (Å²) in [7, 11) is 0. The van der Waals surface area contributed by atoms with E-state index in [-0.39, 0.29) is 24.0 Å². The van der Waals surface area contributed by atoms with Crippen LogP contribution in [0.4, 0.5) is 0 Å². The predicted octanol–water partition coefficient (Wildman–Crippen LogP) is 4.03. The van der Waals surface area contributed by atoms with E-state index in [1.54, 1.807) is 0 Å². The van der Waals surface area contributed by atoms with Gasteiger partial charge < -0.3 is 10.6 Å². The zero-order valence-corrected chi connectivity index (χ0v) is 19.5. The first-order chi connectivity index (χ1) is 12.5. The third-order valence-corrected chi connectivity index (χ3v) is 4.48. The number of pyridine rings is 1. The quantitative estimate of drug-likeness (QED) is 0.338. The topological polar surface area (TPSA) is 52.6 Å². The molecule has 2 aromatic rings. The van der Waals surface area contributed by atoms with Crippen LogP contribution in [0.15, 0.2) is 41.5 Å². The van der Waals surface area contributed by atoms with Crippen molar-refractivity contribution >= 4 is 40.7 Å². The molecule has 0 unspecified atom stereocenters. The van der Waals surface area contributed by atoms with E-state index >= 15 is 0 Å². The van der Waals surface area contributed by atoms with E-state index < -0.39 is 0 Å². The van der Waals surface area contributed by atoms with Crippen LogP contribution in [-0.4, -0.2) is 47.6 Å². The number of nitrogens with one attached hydrogen (secondary N) is 2. The number of aromatic nitrogens is 1. The monoisotopic (exact) mass is 483 g/mol. The van der Waals surface area contributed by atoms with Gasteiger partial charge in [-0.05, 0) is 46.1 Å². The third-order valence-electron chi connectivity index (χ3n) is 4.48. The van der Waals surface area contributed by atoms with Gasteiger partial charge in [-0.3, -0.25) is 9.88 Å². The van der Waals surface area contributed by atoms with E-state index in [9.17, 15) is 0 Å². The highest BCUT2D eigenvalue weighted by Gasteiger charge is 2.12. The van der Waals surface area contributed by atoms with Gasteiger partial charge in [0.05, 0.1) is 12.2 Å². The zero-order chi connectivity index (χ0) is 18.9. The van der Waals surface area contributed by atoms with Gasteiger partial charge in [0.15, 0.2) is 5.96 Å². The summed E-state index contributed by atoms with van der Waals surface area (Å²) in [6.45, 7) is 14.3. The van der Waals surface area contributed by atoms with Crippen LogP contribution in [0.25, 0.3) is 10.8 Å². The lowest BCUT2D eigenvalue weighted by Gasteiger charge is -2.30. The van der Waals surface area contributed by atoms with Crippen LogP contribution in [0, 0.1) is 0 Å². The van der Waals surface area contributed by atoms with E-state index in [0.717, 1.165) is 31.3 Å². The molecule has 0 aliphatic heterocycles. The number of nitrogens with zero attached hydrogens (tertiary/aromatic N) is 3. The maximum atomic E-state index is 4.73. The van der Waals surface area contributed by atoms with Crippen LogP contribution in [0.2, 0.25) is 0 Å². The minimum absolute atomic E-state index is 0. The van der Waals surface area contributed by atoms with Gasteiger partial charge >= 0.3 is 0 Å². The molecule has 0 saturated heterocycles. The van der Waals surface area contributed by atoms with Crippen molar-refractivity contribution in [3.05, 3.63) is 42.2 Å². The van der Waals surface area contributed by atoms with E-state index in [1.165, 1.54) is 10.8 Å². The fraction of sp³-hybridized carbons (Fsp3) is 0.524. The van der Waals surface area contributed by atoms with E-state index in [0.29, 0.717) is 18.6 Å². The fourth-order valence-corrected chi connectivity index (χ4v) is 3.22. The van der Waals surface area contributed by atoms with Gasteiger partial charge in [-0.15, -0.1) is 24.0 Å². The number of hydrogen-bond donors (Lipinski definition) is 2. The SMILES string of the molecule is CCNC(=NCc1nccc2ccccc12)NCCN(C(C)C)C(C)C.I. The second kappa shape index (κ2) is 12.1. The molecule has 0 bridgehead atoms. The molecule has 1 aromatic carbocycles. The summed E-state index contributed by atoms with van der Waals surface area (Å²) in [6, 6.07) is 11.4. The molecule has 0 atom stereocenters. The van der Waals surface area contributed by atoms with Crippen molar-refractivity contribution in [2.24, 2.45) is 4.99 Å². The van der Waals surface area contributed by atoms with Crippen molar-refractivity contribution in [3.63, 3.8) is 0 Å². The van der Waals surface area contributed by atoms with Crippen LogP contribution < -0.4 is 10.6 Å². The van der Waals surface area contributed by atoms with Crippen LogP contribution in [0.5, 0.6) is 0 Å². The Morgan fingerprint density at radius 1 is 1.07 bits per heavy atom. The highest BCUT2D eigenvalue weighted by atomic mass is 127. The highest BCUT2D eigenvalue weighted by Crippen LogP contribution is 2.16. The van der Waals surface area contributed by atoms with Gasteiger partial charge in [0.1, 0.15) is 0 Å². The summed E-state index contributed by atoms with van der Waals surface area (Å²) < 4.78 is 0. The molecular weight excluding hydrogens is 449 g/mol. The Bertz CT molecular complexity index is 701. The molecule has 0 radical (unpaired) electrons. The summed E-state index contributed by atoms with van der Waals surface area (Å²) in [5.41, 5.74) is 1.01. The second-order valence-corrected chi connectivity index (χ2v) is 7.03. The first-order valence-electron chi connectivity index (χ1n) is 9.63. The van der Waals surface area contributed by atoms with Crippen molar-refractivity contribution in [1.29, 1.82) is 0 Å². The Morgan fingerprint density at radius 3 is 2.44 bits per heavy atom. The van der Waals surface area contributed by atoms with Crippen LogP contribution in [-0.2, 0) is 6.54 Å². The fourth-order valence-electron chi connectivity index (χ4n) is 3.22. The second-order valence-electron chi connectivity index (χ2n) is 7.03. The number of aliphatic imine (C=N–C) groups is 1. The molecule has 0 amide bonds. The van der Waals surface area contributed by atoms with Crippen molar-refractivity contribution < 1.29 is 0 Å². The standard InChI is InChI=1S/C21H33N5.HI/c1-6-22-21(24-13-14-26(16(2)3)17(4)5)25-15-20-19-10-8-7-9-18(19)11-12-23-20;/h7-12,16-17H,6,13-15H2,1-5H3,(H2,22,24,25);1H. The number of benzene rings is 1. The van der Waals surface area contributed by atoms with Gasteiger partial charge in [-0.2, -0.15) is 0 Å². The molecule has 0 aliphatic rings. The number of guanidine groups is 1. The number of hydrogen-bond acceptors (Lipinski definition) is 3. The van der Waals surface area contributed by atoms with Gasteiger partial charge in [0.25, 0.3) is 0 Å². The number of rotatable bonds is 8. The molecular formula is C21H34IN5. The van der Waals surface area contributed by atoms with Gasteiger partial charge in [0, 0.05) is 43.3 Å². The molecule has 1 aromatic heterocycles. The summed E-state index contributed by atoms with van der Waals surface area (Å²) in [4.78, 5) is 11.7. The highest BCUT2D eigenvalue weighted by molar-refractivity contribution is 14.0. The number of fused-ring (bicyclic) bond motifs is 1. The summed E-state index contributed by atoms with van der Waals surface area (Å²) >= 11 is 0. The molecule has 0 aliphatic carbocycles. The summed E-state index contributed by atoms with van der Waals surface area (Å²) in [6.07, 6.45) is 1.86. The van der Waals surface area contributed by atoms with Crippen molar-refractivity contribution in [2.45, 2.75) is 53.2 Å². The zero-order valence-electron chi connectivity index (χ0n) is 17.2. The summed E-state index contributed by atoms with van der Waals surface area (Å²) in [5, 5.41) is 9.15. The molecule has 150 valence electrons. The number of halogens is 1. The largest absolute Gasteiger partial charge is 0.357 e. The first-order valence-corrected chi connectivity index (χ1v) is 9.63. The molecule has 2 N–H and O–H groups in total. The molecule has 1 heterocycles. The molecule has 2 rings (SSSR count). The predicted molar refractivity (Wildman–Crippen MR) is 127 cm³/mol. The van der Waals surface area contributed by atoms with Gasteiger partial charge in [0.2, 0.25) is 0 Å². The van der Waals surface area contributed by atoms with Crippen LogP contribution in [0.3, 0.4) is 0 Å². The average Bonchev–Trinajstić information content (AvgIpc) is 2.62. The minimum Gasteiger partial charge on any atom is -0.357 e. The Labute approximate surface area is 181 Å². The Balaban J connectivity index is 0.00000364. The maximum absolute atomic E-state index is 4.73. The minimum atomic E-state index is 0. The normalized spacial score (nSPS) is 11.9. The lowest BCUT2D eigenvalue weighted by atomic mass is 10.1. The average molecular weight is 483 g/mol. The lowest BCUT2D eigenvalue weighted by molar-refractivity contribution is 0.178.